The Morgan fingerprint density at radius 2 is 1.69 bits per heavy atom. The van der Waals surface area contributed by atoms with Crippen molar-refractivity contribution in [3.63, 3.8) is 0 Å². The highest BCUT2D eigenvalue weighted by atomic mass is 16.5. The van der Waals surface area contributed by atoms with Crippen LogP contribution in [0.1, 0.15) is 16.1 Å². The standard InChI is InChI=1S/C19H20N2O8/c1-25-14-10-16(27-3)15(26-2)9-12(14)6-7-18(23)29-11-17(22)20-21-19(24)13-5-4-8-28-13/h4-10H,11H2,1-3H3,(H,20,22)(H,21,24)/b7-6+. The predicted octanol–water partition coefficient (Wildman–Crippen LogP) is 1.32. The molecule has 0 radical (unpaired) electrons. The maximum Gasteiger partial charge on any atom is 0.331 e. The normalized spacial score (nSPS) is 10.3. The van der Waals surface area contributed by atoms with Crippen molar-refractivity contribution in [3.05, 3.63) is 47.9 Å². The van der Waals surface area contributed by atoms with Gasteiger partial charge >= 0.3 is 11.9 Å². The van der Waals surface area contributed by atoms with E-state index in [9.17, 15) is 14.4 Å². The van der Waals surface area contributed by atoms with Crippen LogP contribution >= 0.6 is 0 Å². The van der Waals surface area contributed by atoms with Crippen molar-refractivity contribution in [1.29, 1.82) is 0 Å². The largest absolute Gasteiger partial charge is 0.496 e. The topological polar surface area (TPSA) is 125 Å². The molecule has 2 N–H and O–H groups in total. The molecule has 154 valence electrons. The van der Waals surface area contributed by atoms with E-state index in [0.717, 1.165) is 6.08 Å². The van der Waals surface area contributed by atoms with Crippen molar-refractivity contribution >= 4 is 23.9 Å². The third-order valence-corrected chi connectivity index (χ3v) is 3.54. The molecule has 0 fully saturated rings. The summed E-state index contributed by atoms with van der Waals surface area (Å²) < 4.78 is 25.3. The lowest BCUT2D eigenvalue weighted by molar-refractivity contribution is -0.144. The van der Waals surface area contributed by atoms with Crippen LogP contribution in [0.5, 0.6) is 17.2 Å². The van der Waals surface area contributed by atoms with Crippen molar-refractivity contribution in [3.8, 4) is 17.2 Å². The predicted molar refractivity (Wildman–Crippen MR) is 100 cm³/mol. The molecule has 0 unspecified atom stereocenters. The molecular weight excluding hydrogens is 384 g/mol. The molecule has 10 nitrogen and oxygen atoms in total. The Hall–Kier alpha value is -3.95. The lowest BCUT2D eigenvalue weighted by Crippen LogP contribution is -2.43. The third kappa shape index (κ3) is 6.03. The van der Waals surface area contributed by atoms with E-state index >= 15 is 0 Å². The summed E-state index contributed by atoms with van der Waals surface area (Å²) in [5.41, 5.74) is 4.76. The van der Waals surface area contributed by atoms with Gasteiger partial charge in [-0.15, -0.1) is 0 Å². The van der Waals surface area contributed by atoms with Crippen LogP contribution in [0.15, 0.2) is 41.0 Å². The molecule has 0 aliphatic rings. The van der Waals surface area contributed by atoms with Crippen LogP contribution in [0.3, 0.4) is 0 Å². The van der Waals surface area contributed by atoms with Gasteiger partial charge in [0.2, 0.25) is 0 Å². The molecule has 0 bridgehead atoms. The molecule has 2 amide bonds. The van der Waals surface area contributed by atoms with Gasteiger partial charge in [-0.25, -0.2) is 4.79 Å². The molecule has 1 aromatic heterocycles. The number of furan rings is 1. The number of benzene rings is 1. The number of hydrazine groups is 1. The lowest BCUT2D eigenvalue weighted by atomic mass is 10.1. The Morgan fingerprint density at radius 3 is 2.31 bits per heavy atom. The zero-order valence-corrected chi connectivity index (χ0v) is 16.0. The number of esters is 1. The fourth-order valence-electron chi connectivity index (χ4n) is 2.16. The first-order valence-corrected chi connectivity index (χ1v) is 8.26. The summed E-state index contributed by atoms with van der Waals surface area (Å²) in [7, 11) is 4.44. The minimum Gasteiger partial charge on any atom is -0.496 e. The summed E-state index contributed by atoms with van der Waals surface area (Å²) in [5, 5.41) is 0. The van der Waals surface area contributed by atoms with E-state index in [1.807, 2.05) is 0 Å². The maximum atomic E-state index is 11.8. The Balaban J connectivity index is 1.87. The molecule has 29 heavy (non-hydrogen) atoms. The Morgan fingerprint density at radius 1 is 1.00 bits per heavy atom. The lowest BCUT2D eigenvalue weighted by Gasteiger charge is -2.12. The minimum absolute atomic E-state index is 0.0223. The maximum absolute atomic E-state index is 11.8. The van der Waals surface area contributed by atoms with Gasteiger partial charge in [0.15, 0.2) is 23.9 Å². The van der Waals surface area contributed by atoms with Crippen LogP contribution in [0, 0.1) is 0 Å². The number of amides is 2. The summed E-state index contributed by atoms with van der Waals surface area (Å²) >= 11 is 0. The van der Waals surface area contributed by atoms with Crippen LogP contribution in [-0.4, -0.2) is 45.7 Å². The van der Waals surface area contributed by atoms with E-state index in [-0.39, 0.29) is 5.76 Å². The van der Waals surface area contributed by atoms with Gasteiger partial charge in [0, 0.05) is 17.7 Å². The van der Waals surface area contributed by atoms with Gasteiger partial charge in [-0.05, 0) is 24.3 Å². The molecule has 0 spiro atoms. The Bertz CT molecular complexity index is 890. The summed E-state index contributed by atoms with van der Waals surface area (Å²) in [5.74, 6) is -0.746. The fraction of sp³-hybridized carbons (Fsp3) is 0.211. The van der Waals surface area contributed by atoms with Crippen molar-refractivity contribution in [2.75, 3.05) is 27.9 Å². The van der Waals surface area contributed by atoms with E-state index in [0.29, 0.717) is 22.8 Å². The number of hydrogen-bond acceptors (Lipinski definition) is 8. The van der Waals surface area contributed by atoms with Crippen LogP contribution < -0.4 is 25.1 Å². The van der Waals surface area contributed by atoms with E-state index in [4.69, 9.17) is 23.4 Å². The smallest absolute Gasteiger partial charge is 0.331 e. The second-order valence-electron chi connectivity index (χ2n) is 5.37. The van der Waals surface area contributed by atoms with Gasteiger partial charge < -0.3 is 23.4 Å². The molecule has 1 heterocycles. The number of rotatable bonds is 8. The molecule has 0 aliphatic carbocycles. The van der Waals surface area contributed by atoms with E-state index in [1.165, 1.54) is 45.8 Å². The number of nitrogens with one attached hydrogen (secondary N) is 2. The summed E-state index contributed by atoms with van der Waals surface area (Å²) in [6.45, 7) is -0.593. The Labute approximate surface area is 166 Å². The van der Waals surface area contributed by atoms with Crippen molar-refractivity contribution < 1.29 is 37.7 Å². The molecule has 1 aromatic carbocycles. The first-order valence-electron chi connectivity index (χ1n) is 8.26. The average molecular weight is 404 g/mol. The molecule has 0 saturated carbocycles. The van der Waals surface area contributed by atoms with Gasteiger partial charge in [-0.2, -0.15) is 0 Å². The third-order valence-electron chi connectivity index (χ3n) is 3.54. The van der Waals surface area contributed by atoms with Gasteiger partial charge in [0.05, 0.1) is 27.6 Å². The first-order chi connectivity index (χ1) is 14.0. The zero-order valence-electron chi connectivity index (χ0n) is 16.0. The molecule has 0 saturated heterocycles. The van der Waals surface area contributed by atoms with E-state index in [2.05, 4.69) is 10.9 Å². The van der Waals surface area contributed by atoms with Crippen LogP contribution in [0.4, 0.5) is 0 Å². The molecule has 0 aliphatic heterocycles. The van der Waals surface area contributed by atoms with Gasteiger partial charge in [-0.1, -0.05) is 0 Å². The number of methoxy groups -OCH3 is 3. The van der Waals surface area contributed by atoms with Gasteiger partial charge in [-0.3, -0.25) is 20.4 Å². The highest BCUT2D eigenvalue weighted by molar-refractivity contribution is 5.93. The highest BCUT2D eigenvalue weighted by Gasteiger charge is 2.12. The molecular formula is C19H20N2O8. The molecule has 2 aromatic rings. The summed E-state index contributed by atoms with van der Waals surface area (Å²) in [6, 6.07) is 6.18. The van der Waals surface area contributed by atoms with Crippen molar-refractivity contribution in [2.45, 2.75) is 0 Å². The average Bonchev–Trinajstić information content (AvgIpc) is 3.28. The number of carbonyl (C=O) groups excluding carboxylic acids is 3. The fourth-order valence-corrected chi connectivity index (χ4v) is 2.16. The second-order valence-corrected chi connectivity index (χ2v) is 5.37. The van der Waals surface area contributed by atoms with Gasteiger partial charge in [0.25, 0.3) is 5.91 Å². The highest BCUT2D eigenvalue weighted by Crippen LogP contribution is 2.35. The van der Waals surface area contributed by atoms with Gasteiger partial charge in [0.1, 0.15) is 5.75 Å². The van der Waals surface area contributed by atoms with Crippen LogP contribution in [-0.2, 0) is 14.3 Å². The van der Waals surface area contributed by atoms with E-state index < -0.39 is 24.4 Å². The van der Waals surface area contributed by atoms with Crippen molar-refractivity contribution in [2.24, 2.45) is 0 Å². The van der Waals surface area contributed by atoms with E-state index in [1.54, 1.807) is 12.1 Å². The quantitative estimate of drug-likeness (QED) is 0.383. The SMILES string of the molecule is COc1cc(OC)c(OC)cc1/C=C/C(=O)OCC(=O)NNC(=O)c1ccco1. The van der Waals surface area contributed by atoms with Crippen LogP contribution in [0.25, 0.3) is 6.08 Å². The summed E-state index contributed by atoms with van der Waals surface area (Å²) in [6.07, 6.45) is 3.89. The molecule has 0 atom stereocenters. The minimum atomic E-state index is -0.769. The number of ether oxygens (including phenoxy) is 4. The first kappa shape index (κ1) is 21.4. The second kappa shape index (κ2) is 10.4. The molecule has 2 rings (SSSR count). The monoisotopic (exact) mass is 404 g/mol. The van der Waals surface area contributed by atoms with Crippen molar-refractivity contribution in [1.82, 2.24) is 10.9 Å². The Kier molecular flexibility index (Phi) is 7.66. The molecule has 10 heteroatoms. The summed E-state index contributed by atoms with van der Waals surface area (Å²) in [4.78, 5) is 35.1. The number of hydrogen-bond donors (Lipinski definition) is 2. The number of carbonyl (C=O) groups is 3. The zero-order chi connectivity index (χ0) is 21.2. The van der Waals surface area contributed by atoms with Crippen LogP contribution in [0.2, 0.25) is 0 Å².